The summed E-state index contributed by atoms with van der Waals surface area (Å²) in [4.78, 5) is 11.6. The highest BCUT2D eigenvalue weighted by atomic mass is 79.9. The Morgan fingerprint density at radius 3 is 2.83 bits per heavy atom. The SMILES string of the molecule is Cc1c(Br)cccc1-c1cnn(CCNC(=O)OC(C)(C)C)c1. The second-order valence-corrected chi connectivity index (χ2v) is 7.19. The third-order valence-electron chi connectivity index (χ3n) is 3.22. The average Bonchev–Trinajstić information content (AvgIpc) is 2.88. The summed E-state index contributed by atoms with van der Waals surface area (Å²) in [5, 5.41) is 7.07. The normalized spacial score (nSPS) is 11.3. The number of ether oxygens (including phenoxy) is 1. The predicted molar refractivity (Wildman–Crippen MR) is 94.3 cm³/mol. The van der Waals surface area contributed by atoms with Crippen LogP contribution in [0.3, 0.4) is 0 Å². The molecule has 6 heteroatoms. The molecule has 1 heterocycles. The van der Waals surface area contributed by atoms with E-state index in [1.165, 1.54) is 5.56 Å². The minimum atomic E-state index is -0.485. The van der Waals surface area contributed by atoms with Gasteiger partial charge in [0.25, 0.3) is 0 Å². The summed E-state index contributed by atoms with van der Waals surface area (Å²) < 4.78 is 8.08. The fourth-order valence-corrected chi connectivity index (χ4v) is 2.50. The lowest BCUT2D eigenvalue weighted by molar-refractivity contribution is 0.0525. The van der Waals surface area contributed by atoms with Crippen LogP contribution in [0.4, 0.5) is 4.79 Å². The average molecular weight is 380 g/mol. The van der Waals surface area contributed by atoms with E-state index in [0.29, 0.717) is 13.1 Å². The quantitative estimate of drug-likeness (QED) is 0.867. The second-order valence-electron chi connectivity index (χ2n) is 6.33. The summed E-state index contributed by atoms with van der Waals surface area (Å²) in [6.07, 6.45) is 3.40. The molecular formula is C17H22BrN3O2. The standard InChI is InChI=1S/C17H22BrN3O2/c1-12-14(6-5-7-15(12)18)13-10-20-21(11-13)9-8-19-16(22)23-17(2,3)4/h5-7,10-11H,8-9H2,1-4H3,(H,19,22). The maximum atomic E-state index is 11.6. The molecule has 1 amide bonds. The van der Waals surface area contributed by atoms with E-state index < -0.39 is 11.7 Å². The number of nitrogens with zero attached hydrogens (tertiary/aromatic N) is 2. The molecule has 1 aromatic heterocycles. The summed E-state index contributed by atoms with van der Waals surface area (Å²) >= 11 is 3.54. The van der Waals surface area contributed by atoms with E-state index in [4.69, 9.17) is 4.74 Å². The first-order chi connectivity index (χ1) is 10.8. The Hall–Kier alpha value is -1.82. The van der Waals surface area contributed by atoms with Crippen LogP contribution in [0.25, 0.3) is 11.1 Å². The molecular weight excluding hydrogens is 358 g/mol. The first-order valence-corrected chi connectivity index (χ1v) is 8.30. The Bertz CT molecular complexity index is 689. The Balaban J connectivity index is 1.93. The van der Waals surface area contributed by atoms with Crippen molar-refractivity contribution in [2.75, 3.05) is 6.54 Å². The van der Waals surface area contributed by atoms with Crippen molar-refractivity contribution >= 4 is 22.0 Å². The number of benzene rings is 1. The maximum absolute atomic E-state index is 11.6. The fraction of sp³-hybridized carbons (Fsp3) is 0.412. The summed E-state index contributed by atoms with van der Waals surface area (Å²) in [6.45, 7) is 8.65. The molecule has 0 saturated carbocycles. The van der Waals surface area contributed by atoms with Gasteiger partial charge in [0.1, 0.15) is 5.60 Å². The number of carbonyl (C=O) groups is 1. The van der Waals surface area contributed by atoms with Gasteiger partial charge in [0.05, 0.1) is 12.7 Å². The topological polar surface area (TPSA) is 56.2 Å². The van der Waals surface area contributed by atoms with Gasteiger partial charge in [-0.25, -0.2) is 4.79 Å². The van der Waals surface area contributed by atoms with Crippen LogP contribution >= 0.6 is 15.9 Å². The number of hydrogen-bond acceptors (Lipinski definition) is 3. The second kappa shape index (κ2) is 7.17. The Labute approximate surface area is 145 Å². The van der Waals surface area contributed by atoms with Crippen molar-refractivity contribution < 1.29 is 9.53 Å². The molecule has 0 saturated heterocycles. The number of amides is 1. The smallest absolute Gasteiger partial charge is 0.407 e. The Morgan fingerprint density at radius 1 is 1.39 bits per heavy atom. The number of alkyl carbamates (subject to hydrolysis) is 1. The number of hydrogen-bond donors (Lipinski definition) is 1. The van der Waals surface area contributed by atoms with Gasteiger partial charge in [-0.3, -0.25) is 4.68 Å². The van der Waals surface area contributed by atoms with Gasteiger partial charge in [-0.05, 0) is 44.9 Å². The van der Waals surface area contributed by atoms with Gasteiger partial charge >= 0.3 is 6.09 Å². The van der Waals surface area contributed by atoms with Crippen LogP contribution < -0.4 is 5.32 Å². The molecule has 23 heavy (non-hydrogen) atoms. The monoisotopic (exact) mass is 379 g/mol. The van der Waals surface area contributed by atoms with E-state index in [0.717, 1.165) is 15.6 Å². The molecule has 0 radical (unpaired) electrons. The number of rotatable bonds is 4. The maximum Gasteiger partial charge on any atom is 0.407 e. The summed E-state index contributed by atoms with van der Waals surface area (Å²) in [5.74, 6) is 0. The van der Waals surface area contributed by atoms with Crippen LogP contribution in [0.15, 0.2) is 35.1 Å². The predicted octanol–water partition coefficient (Wildman–Crippen LogP) is 4.15. The molecule has 0 fully saturated rings. The number of carbonyl (C=O) groups excluding carboxylic acids is 1. The van der Waals surface area contributed by atoms with Crippen molar-refractivity contribution in [1.82, 2.24) is 15.1 Å². The van der Waals surface area contributed by atoms with E-state index in [-0.39, 0.29) is 0 Å². The minimum Gasteiger partial charge on any atom is -0.444 e. The molecule has 1 N–H and O–H groups in total. The molecule has 0 aliphatic rings. The van der Waals surface area contributed by atoms with Crippen molar-refractivity contribution in [1.29, 1.82) is 0 Å². The molecule has 0 aliphatic heterocycles. The molecule has 0 unspecified atom stereocenters. The minimum absolute atomic E-state index is 0.410. The lowest BCUT2D eigenvalue weighted by Gasteiger charge is -2.19. The summed E-state index contributed by atoms with van der Waals surface area (Å²) in [6, 6.07) is 6.10. The van der Waals surface area contributed by atoms with Crippen LogP contribution in [-0.4, -0.2) is 28.0 Å². The highest BCUT2D eigenvalue weighted by molar-refractivity contribution is 9.10. The summed E-state index contributed by atoms with van der Waals surface area (Å²) in [5.41, 5.74) is 2.90. The zero-order chi connectivity index (χ0) is 17.0. The molecule has 2 rings (SSSR count). The van der Waals surface area contributed by atoms with Crippen LogP contribution in [0.1, 0.15) is 26.3 Å². The van der Waals surface area contributed by atoms with Crippen LogP contribution in [0.5, 0.6) is 0 Å². The first kappa shape index (κ1) is 17.5. The number of nitrogens with one attached hydrogen (secondary N) is 1. The molecule has 0 bridgehead atoms. The first-order valence-electron chi connectivity index (χ1n) is 7.51. The van der Waals surface area contributed by atoms with Crippen molar-refractivity contribution in [3.63, 3.8) is 0 Å². The molecule has 0 spiro atoms. The molecule has 2 aromatic rings. The van der Waals surface area contributed by atoms with Crippen LogP contribution in [0.2, 0.25) is 0 Å². The Morgan fingerprint density at radius 2 is 2.13 bits per heavy atom. The fourth-order valence-electron chi connectivity index (χ4n) is 2.13. The van der Waals surface area contributed by atoms with Gasteiger partial charge in [-0.1, -0.05) is 28.1 Å². The van der Waals surface area contributed by atoms with Gasteiger partial charge in [0, 0.05) is 22.8 Å². The largest absolute Gasteiger partial charge is 0.444 e. The number of aromatic nitrogens is 2. The third-order valence-corrected chi connectivity index (χ3v) is 4.08. The van der Waals surface area contributed by atoms with Gasteiger partial charge in [0.15, 0.2) is 0 Å². The van der Waals surface area contributed by atoms with E-state index in [9.17, 15) is 4.79 Å². The zero-order valence-electron chi connectivity index (χ0n) is 13.9. The number of halogens is 1. The Kier molecular flexibility index (Phi) is 5.46. The van der Waals surface area contributed by atoms with Gasteiger partial charge in [0.2, 0.25) is 0 Å². The van der Waals surface area contributed by atoms with Gasteiger partial charge in [-0.2, -0.15) is 5.10 Å². The van der Waals surface area contributed by atoms with E-state index in [1.807, 2.05) is 50.0 Å². The van der Waals surface area contributed by atoms with Crippen LogP contribution in [0, 0.1) is 6.92 Å². The van der Waals surface area contributed by atoms with E-state index in [1.54, 1.807) is 0 Å². The van der Waals surface area contributed by atoms with Crippen molar-refractivity contribution in [3.8, 4) is 11.1 Å². The summed E-state index contributed by atoms with van der Waals surface area (Å²) in [7, 11) is 0. The lowest BCUT2D eigenvalue weighted by atomic mass is 10.0. The van der Waals surface area contributed by atoms with E-state index in [2.05, 4.69) is 39.3 Å². The molecule has 0 aliphatic carbocycles. The van der Waals surface area contributed by atoms with Crippen molar-refractivity contribution in [3.05, 3.63) is 40.6 Å². The third kappa shape index (κ3) is 5.10. The zero-order valence-corrected chi connectivity index (χ0v) is 15.5. The van der Waals surface area contributed by atoms with Crippen molar-refractivity contribution in [2.45, 2.75) is 39.8 Å². The molecule has 1 aromatic carbocycles. The lowest BCUT2D eigenvalue weighted by Crippen LogP contribution is -2.34. The molecule has 124 valence electrons. The van der Waals surface area contributed by atoms with E-state index >= 15 is 0 Å². The highest BCUT2D eigenvalue weighted by Crippen LogP contribution is 2.28. The molecule has 0 atom stereocenters. The van der Waals surface area contributed by atoms with Gasteiger partial charge in [-0.15, -0.1) is 0 Å². The molecule has 5 nitrogen and oxygen atoms in total. The van der Waals surface area contributed by atoms with Crippen molar-refractivity contribution in [2.24, 2.45) is 0 Å². The highest BCUT2D eigenvalue weighted by Gasteiger charge is 2.15. The van der Waals surface area contributed by atoms with Crippen LogP contribution in [-0.2, 0) is 11.3 Å². The van der Waals surface area contributed by atoms with Gasteiger partial charge < -0.3 is 10.1 Å².